The van der Waals surface area contributed by atoms with Crippen molar-refractivity contribution in [2.45, 2.75) is 32.5 Å². The number of amides is 1. The summed E-state index contributed by atoms with van der Waals surface area (Å²) in [6, 6.07) is 19.7. The molecule has 1 heterocycles. The van der Waals surface area contributed by atoms with Crippen LogP contribution in [0.4, 0.5) is 4.39 Å². The molecule has 0 radical (unpaired) electrons. The van der Waals surface area contributed by atoms with Crippen LogP contribution >= 0.6 is 0 Å². The van der Waals surface area contributed by atoms with Gasteiger partial charge in [-0.2, -0.15) is 0 Å². The van der Waals surface area contributed by atoms with Gasteiger partial charge in [0.2, 0.25) is 6.29 Å². The number of benzene rings is 3. The number of fused-ring (bicyclic) bond motifs is 1. The summed E-state index contributed by atoms with van der Waals surface area (Å²) in [5.41, 5.74) is 2.18. The lowest BCUT2D eigenvalue weighted by Crippen LogP contribution is -2.39. The SMILES string of the molecule is C[C@@H](NC(=O)c1ccccc1)C(=O)OCc1cc(F)cc2c1O[C@@H](c1ccccc1)OC2. The van der Waals surface area contributed by atoms with Crippen LogP contribution in [0.2, 0.25) is 0 Å². The molecule has 1 amide bonds. The van der Waals surface area contributed by atoms with Crippen molar-refractivity contribution in [3.8, 4) is 5.75 Å². The maximum Gasteiger partial charge on any atom is 0.328 e. The molecule has 0 saturated heterocycles. The maximum atomic E-state index is 14.1. The summed E-state index contributed by atoms with van der Waals surface area (Å²) in [6.45, 7) is 1.49. The van der Waals surface area contributed by atoms with Gasteiger partial charge in [0.25, 0.3) is 5.91 Å². The Morgan fingerprint density at radius 1 is 1.09 bits per heavy atom. The molecule has 3 aromatic carbocycles. The van der Waals surface area contributed by atoms with Crippen LogP contribution in [0.1, 0.15) is 40.3 Å². The zero-order valence-electron chi connectivity index (χ0n) is 17.4. The number of carbonyl (C=O) groups excluding carboxylic acids is 2. The highest BCUT2D eigenvalue weighted by atomic mass is 19.1. The van der Waals surface area contributed by atoms with Crippen LogP contribution in [0.25, 0.3) is 0 Å². The van der Waals surface area contributed by atoms with Gasteiger partial charge in [-0.3, -0.25) is 4.79 Å². The van der Waals surface area contributed by atoms with Crippen molar-refractivity contribution < 1.29 is 28.2 Å². The fourth-order valence-corrected chi connectivity index (χ4v) is 3.36. The normalized spacial score (nSPS) is 15.8. The van der Waals surface area contributed by atoms with E-state index < -0.39 is 24.1 Å². The van der Waals surface area contributed by atoms with E-state index in [-0.39, 0.29) is 19.1 Å². The van der Waals surface area contributed by atoms with Gasteiger partial charge in [-0.1, -0.05) is 48.5 Å². The number of carbonyl (C=O) groups is 2. The van der Waals surface area contributed by atoms with Gasteiger partial charge in [-0.05, 0) is 31.2 Å². The standard InChI is InChI=1S/C25H22FNO5/c1-16(27-23(28)17-8-4-2-5-9-17)24(29)30-14-19-12-21(26)13-20-15-31-25(32-22(19)20)18-10-6-3-7-11-18/h2-13,16,25H,14-15H2,1H3,(H,27,28)/t16-,25+/m1/s1. The molecule has 2 atom stereocenters. The monoisotopic (exact) mass is 435 g/mol. The summed E-state index contributed by atoms with van der Waals surface area (Å²) in [6.07, 6.45) is -0.646. The van der Waals surface area contributed by atoms with Crippen LogP contribution in [-0.4, -0.2) is 17.9 Å². The summed E-state index contributed by atoms with van der Waals surface area (Å²) in [7, 11) is 0. The second-order valence-corrected chi connectivity index (χ2v) is 7.39. The molecular formula is C25H22FNO5. The van der Waals surface area contributed by atoms with E-state index in [0.29, 0.717) is 22.4 Å². The average molecular weight is 435 g/mol. The first-order valence-corrected chi connectivity index (χ1v) is 10.2. The minimum atomic E-state index is -0.881. The molecule has 1 aliphatic heterocycles. The highest BCUT2D eigenvalue weighted by Gasteiger charge is 2.26. The van der Waals surface area contributed by atoms with Gasteiger partial charge in [-0.15, -0.1) is 0 Å². The molecule has 7 heteroatoms. The van der Waals surface area contributed by atoms with E-state index in [0.717, 1.165) is 5.56 Å². The lowest BCUT2D eigenvalue weighted by atomic mass is 10.1. The highest BCUT2D eigenvalue weighted by Crippen LogP contribution is 2.36. The molecular weight excluding hydrogens is 413 g/mol. The summed E-state index contributed by atoms with van der Waals surface area (Å²) < 4.78 is 31.1. The van der Waals surface area contributed by atoms with E-state index in [2.05, 4.69) is 5.32 Å². The van der Waals surface area contributed by atoms with E-state index >= 15 is 0 Å². The minimum Gasteiger partial charge on any atom is -0.460 e. The zero-order valence-corrected chi connectivity index (χ0v) is 17.4. The van der Waals surface area contributed by atoms with E-state index in [1.54, 1.807) is 30.3 Å². The third-order valence-electron chi connectivity index (χ3n) is 5.00. The molecule has 4 rings (SSSR count). The second-order valence-electron chi connectivity index (χ2n) is 7.39. The lowest BCUT2D eigenvalue weighted by molar-refractivity contribution is -0.147. The predicted octanol–water partition coefficient (Wildman–Crippen LogP) is 4.30. The van der Waals surface area contributed by atoms with Crippen molar-refractivity contribution in [2.24, 2.45) is 0 Å². The van der Waals surface area contributed by atoms with Crippen LogP contribution in [0.5, 0.6) is 5.75 Å². The van der Waals surface area contributed by atoms with Crippen molar-refractivity contribution in [1.82, 2.24) is 5.32 Å². The first-order chi connectivity index (χ1) is 15.5. The van der Waals surface area contributed by atoms with Crippen LogP contribution in [0, 0.1) is 5.82 Å². The number of esters is 1. The molecule has 32 heavy (non-hydrogen) atoms. The van der Waals surface area contributed by atoms with Crippen molar-refractivity contribution in [1.29, 1.82) is 0 Å². The largest absolute Gasteiger partial charge is 0.460 e. The smallest absolute Gasteiger partial charge is 0.328 e. The van der Waals surface area contributed by atoms with Crippen molar-refractivity contribution in [3.63, 3.8) is 0 Å². The molecule has 0 aromatic heterocycles. The topological polar surface area (TPSA) is 73.9 Å². The first-order valence-electron chi connectivity index (χ1n) is 10.2. The van der Waals surface area contributed by atoms with Crippen LogP contribution in [-0.2, 0) is 27.5 Å². The molecule has 0 unspecified atom stereocenters. The Hall–Kier alpha value is -3.71. The summed E-state index contributed by atoms with van der Waals surface area (Å²) in [5.74, 6) is -1.07. The number of hydrogen-bond donors (Lipinski definition) is 1. The Bertz CT molecular complexity index is 1100. The van der Waals surface area contributed by atoms with Crippen LogP contribution in [0.3, 0.4) is 0 Å². The molecule has 3 aromatic rings. The van der Waals surface area contributed by atoms with Gasteiger partial charge >= 0.3 is 5.97 Å². The van der Waals surface area contributed by atoms with Gasteiger partial charge in [0, 0.05) is 22.3 Å². The number of ether oxygens (including phenoxy) is 3. The Morgan fingerprint density at radius 3 is 2.50 bits per heavy atom. The van der Waals surface area contributed by atoms with Gasteiger partial charge in [0.05, 0.1) is 6.61 Å². The quantitative estimate of drug-likeness (QED) is 0.585. The summed E-state index contributed by atoms with van der Waals surface area (Å²) in [5, 5.41) is 2.60. The summed E-state index contributed by atoms with van der Waals surface area (Å²) >= 11 is 0. The highest BCUT2D eigenvalue weighted by molar-refractivity contribution is 5.96. The third-order valence-corrected chi connectivity index (χ3v) is 5.00. The van der Waals surface area contributed by atoms with Crippen molar-refractivity contribution in [2.75, 3.05) is 0 Å². The van der Waals surface area contributed by atoms with Gasteiger partial charge in [0.1, 0.15) is 24.2 Å². The fraction of sp³-hybridized carbons (Fsp3) is 0.200. The summed E-state index contributed by atoms with van der Waals surface area (Å²) in [4.78, 5) is 24.7. The molecule has 0 bridgehead atoms. The Labute approximate surface area is 184 Å². The lowest BCUT2D eigenvalue weighted by Gasteiger charge is -2.28. The second kappa shape index (κ2) is 9.62. The molecule has 0 fully saturated rings. The Balaban J connectivity index is 1.43. The van der Waals surface area contributed by atoms with E-state index in [4.69, 9.17) is 14.2 Å². The average Bonchev–Trinajstić information content (AvgIpc) is 2.83. The predicted molar refractivity (Wildman–Crippen MR) is 114 cm³/mol. The van der Waals surface area contributed by atoms with Crippen LogP contribution in [0.15, 0.2) is 72.8 Å². The fourth-order valence-electron chi connectivity index (χ4n) is 3.36. The van der Waals surface area contributed by atoms with Crippen molar-refractivity contribution >= 4 is 11.9 Å². The third kappa shape index (κ3) is 4.95. The van der Waals surface area contributed by atoms with E-state index in [9.17, 15) is 14.0 Å². The van der Waals surface area contributed by atoms with Crippen molar-refractivity contribution in [3.05, 3.63) is 101 Å². The Kier molecular flexibility index (Phi) is 6.47. The molecule has 0 aliphatic carbocycles. The first kappa shape index (κ1) is 21.5. The van der Waals surface area contributed by atoms with E-state index in [1.165, 1.54) is 19.1 Å². The maximum absolute atomic E-state index is 14.1. The number of rotatable bonds is 6. The molecule has 1 N–H and O–H groups in total. The number of halogens is 1. The zero-order chi connectivity index (χ0) is 22.5. The van der Waals surface area contributed by atoms with Crippen LogP contribution < -0.4 is 10.1 Å². The number of nitrogens with one attached hydrogen (secondary N) is 1. The molecule has 164 valence electrons. The molecule has 1 aliphatic rings. The Morgan fingerprint density at radius 2 is 1.78 bits per heavy atom. The van der Waals surface area contributed by atoms with Gasteiger partial charge < -0.3 is 19.5 Å². The number of hydrogen-bond acceptors (Lipinski definition) is 5. The minimum absolute atomic E-state index is 0.164. The van der Waals surface area contributed by atoms with E-state index in [1.807, 2.05) is 30.3 Å². The molecule has 0 saturated carbocycles. The van der Waals surface area contributed by atoms with Gasteiger partial charge in [-0.25, -0.2) is 9.18 Å². The molecule has 6 nitrogen and oxygen atoms in total. The molecule has 0 spiro atoms. The van der Waals surface area contributed by atoms with Gasteiger partial charge in [0.15, 0.2) is 0 Å².